The maximum Gasteiger partial charge on any atom is 0.338 e. The average Bonchev–Trinajstić information content (AvgIpc) is 2.72. The van der Waals surface area contributed by atoms with E-state index in [1.54, 1.807) is 12.1 Å². The fraction of sp³-hybridized carbons (Fsp3) is 0.480. The molecule has 0 aromatic heterocycles. The van der Waals surface area contributed by atoms with Crippen molar-refractivity contribution in [3.05, 3.63) is 65.7 Å². The lowest BCUT2D eigenvalue weighted by Crippen LogP contribution is -2.66. The van der Waals surface area contributed by atoms with E-state index < -0.39 is 0 Å². The molecule has 0 radical (unpaired) electrons. The van der Waals surface area contributed by atoms with Gasteiger partial charge in [0.1, 0.15) is 11.4 Å². The molecule has 1 saturated carbocycles. The Bertz CT molecular complexity index is 925. The monoisotopic (exact) mass is 392 g/mol. The molecule has 1 saturated heterocycles. The van der Waals surface area contributed by atoms with Gasteiger partial charge in [-0.2, -0.15) is 0 Å². The largest absolute Gasteiger partial charge is 0.487 e. The van der Waals surface area contributed by atoms with E-state index in [9.17, 15) is 4.79 Å². The van der Waals surface area contributed by atoms with Crippen molar-refractivity contribution in [3.63, 3.8) is 0 Å². The van der Waals surface area contributed by atoms with Gasteiger partial charge in [0.25, 0.3) is 0 Å². The molecule has 2 bridgehead atoms. The second-order valence-electron chi connectivity index (χ2n) is 9.28. The predicted octanol–water partition coefficient (Wildman–Crippen LogP) is 5.04. The van der Waals surface area contributed by atoms with E-state index in [1.165, 1.54) is 0 Å². The van der Waals surface area contributed by atoms with Crippen molar-refractivity contribution in [3.8, 4) is 5.75 Å². The maximum atomic E-state index is 12.6. The fourth-order valence-corrected chi connectivity index (χ4v) is 6.11. The van der Waals surface area contributed by atoms with E-state index in [0.29, 0.717) is 30.6 Å². The van der Waals surface area contributed by atoms with Crippen molar-refractivity contribution in [2.45, 2.75) is 38.9 Å². The lowest BCUT2D eigenvalue weighted by Gasteiger charge is -2.63. The third-order valence-electron chi connectivity index (χ3n) is 7.75. The Kier molecular flexibility index (Phi) is 4.25. The van der Waals surface area contributed by atoms with Crippen molar-refractivity contribution >= 4 is 5.97 Å². The molecule has 4 heteroatoms. The number of carbonyl (C=O) groups is 1. The minimum Gasteiger partial charge on any atom is -0.487 e. The van der Waals surface area contributed by atoms with E-state index in [2.05, 4.69) is 26.8 Å². The number of fused-ring (bicyclic) bond motifs is 3. The Balaban J connectivity index is 1.44. The van der Waals surface area contributed by atoms with Gasteiger partial charge < -0.3 is 14.2 Å². The Hall–Kier alpha value is -2.33. The van der Waals surface area contributed by atoms with Gasteiger partial charge in [0, 0.05) is 16.9 Å². The summed E-state index contributed by atoms with van der Waals surface area (Å²) in [5.74, 6) is 1.54. The third kappa shape index (κ3) is 2.72. The summed E-state index contributed by atoms with van der Waals surface area (Å²) in [5.41, 5.74) is 1.27. The van der Waals surface area contributed by atoms with Gasteiger partial charge in [0.05, 0.1) is 24.9 Å². The van der Waals surface area contributed by atoms with Crippen molar-refractivity contribution in [2.75, 3.05) is 13.2 Å². The molecular weight excluding hydrogens is 364 g/mol. The predicted molar refractivity (Wildman–Crippen MR) is 110 cm³/mol. The van der Waals surface area contributed by atoms with E-state index in [0.717, 1.165) is 17.7 Å². The molecule has 3 aliphatic rings. The summed E-state index contributed by atoms with van der Waals surface area (Å²) in [6, 6.07) is 17.4. The standard InChI is InChI=1S/C25H28O4/c1-16-13-24(3)21-17(2)25(16,15-28-23(26)18-9-5-4-6-10-18)14-27-22(21)19-11-7-8-12-20(19)29-24/h4-12,16-17,21-22H,13-15H2,1-3H3/t16-,17-,21-,22+,24+,25+/m1/s1. The van der Waals surface area contributed by atoms with Gasteiger partial charge in [-0.05, 0) is 43.4 Å². The van der Waals surface area contributed by atoms with Crippen LogP contribution in [0, 0.1) is 23.2 Å². The molecule has 152 valence electrons. The maximum absolute atomic E-state index is 12.6. The number of esters is 1. The molecule has 6 atom stereocenters. The highest BCUT2D eigenvalue weighted by Gasteiger charge is 2.64. The van der Waals surface area contributed by atoms with Crippen LogP contribution in [0.4, 0.5) is 0 Å². The Morgan fingerprint density at radius 2 is 1.83 bits per heavy atom. The minimum absolute atomic E-state index is 0.0328. The van der Waals surface area contributed by atoms with Crippen molar-refractivity contribution in [2.24, 2.45) is 23.2 Å². The lowest BCUT2D eigenvalue weighted by atomic mass is 9.50. The van der Waals surface area contributed by atoms with Gasteiger partial charge in [-0.25, -0.2) is 4.79 Å². The zero-order valence-corrected chi connectivity index (χ0v) is 17.3. The van der Waals surface area contributed by atoms with Crippen molar-refractivity contribution in [1.29, 1.82) is 0 Å². The molecular formula is C25H28O4. The van der Waals surface area contributed by atoms with Gasteiger partial charge >= 0.3 is 5.97 Å². The third-order valence-corrected chi connectivity index (χ3v) is 7.75. The lowest BCUT2D eigenvalue weighted by molar-refractivity contribution is -0.259. The number of rotatable bonds is 3. The highest BCUT2D eigenvalue weighted by atomic mass is 16.5. The normalized spacial score (nSPS) is 37.2. The molecule has 29 heavy (non-hydrogen) atoms. The van der Waals surface area contributed by atoms with Crippen molar-refractivity contribution < 1.29 is 19.0 Å². The minimum atomic E-state index is -0.273. The summed E-state index contributed by atoms with van der Waals surface area (Å²) < 4.78 is 18.9. The molecule has 2 aliphatic heterocycles. The van der Waals surface area contributed by atoms with Gasteiger partial charge in [-0.15, -0.1) is 0 Å². The van der Waals surface area contributed by atoms with Crippen LogP contribution in [0.25, 0.3) is 0 Å². The first-order valence-corrected chi connectivity index (χ1v) is 10.6. The Labute approximate surface area is 172 Å². The number of ether oxygens (including phenoxy) is 3. The summed E-state index contributed by atoms with van der Waals surface area (Å²) in [4.78, 5) is 12.6. The first kappa shape index (κ1) is 18.7. The van der Waals surface area contributed by atoms with Gasteiger partial charge in [-0.3, -0.25) is 0 Å². The Morgan fingerprint density at radius 1 is 1.10 bits per heavy atom. The van der Waals surface area contributed by atoms with Crippen LogP contribution in [0.1, 0.15) is 49.2 Å². The van der Waals surface area contributed by atoms with Crippen LogP contribution in [0.5, 0.6) is 5.75 Å². The quantitative estimate of drug-likeness (QED) is 0.686. The molecule has 2 aromatic rings. The second kappa shape index (κ2) is 6.60. The molecule has 2 heterocycles. The van der Waals surface area contributed by atoms with Gasteiger partial charge in [-0.1, -0.05) is 50.2 Å². The summed E-state index contributed by atoms with van der Waals surface area (Å²) >= 11 is 0. The second-order valence-corrected chi connectivity index (χ2v) is 9.28. The van der Waals surface area contributed by atoms with Crippen LogP contribution in [0.2, 0.25) is 0 Å². The Morgan fingerprint density at radius 3 is 2.62 bits per heavy atom. The molecule has 0 amide bonds. The zero-order valence-electron chi connectivity index (χ0n) is 17.3. The summed E-state index contributed by atoms with van der Waals surface area (Å²) in [6.07, 6.45) is 0.962. The fourth-order valence-electron chi connectivity index (χ4n) is 6.11. The van der Waals surface area contributed by atoms with Gasteiger partial charge in [0.15, 0.2) is 0 Å². The van der Waals surface area contributed by atoms with E-state index >= 15 is 0 Å². The molecule has 2 aromatic carbocycles. The van der Waals surface area contributed by atoms with Crippen molar-refractivity contribution in [1.82, 2.24) is 0 Å². The summed E-state index contributed by atoms with van der Waals surface area (Å²) in [7, 11) is 0. The number of hydrogen-bond donors (Lipinski definition) is 0. The van der Waals surface area contributed by atoms with Crippen LogP contribution in [0.15, 0.2) is 54.6 Å². The van der Waals surface area contributed by atoms with Crippen LogP contribution in [-0.2, 0) is 9.47 Å². The molecule has 4 nitrogen and oxygen atoms in total. The SMILES string of the molecule is C[C@@H]1C[C@]2(C)Oc3ccccc3[C@@H]3OC[C@@]1(COC(=O)c1ccccc1)[C@H](C)[C@H]32. The molecule has 0 N–H and O–H groups in total. The highest BCUT2D eigenvalue weighted by molar-refractivity contribution is 5.89. The smallest absolute Gasteiger partial charge is 0.338 e. The van der Waals surface area contributed by atoms with Crippen LogP contribution in [0.3, 0.4) is 0 Å². The number of para-hydroxylation sites is 1. The van der Waals surface area contributed by atoms with Crippen LogP contribution in [-0.4, -0.2) is 24.8 Å². The first-order chi connectivity index (χ1) is 13.9. The topological polar surface area (TPSA) is 44.8 Å². The van der Waals surface area contributed by atoms with E-state index in [-0.39, 0.29) is 29.0 Å². The van der Waals surface area contributed by atoms with E-state index in [1.807, 2.05) is 36.4 Å². The van der Waals surface area contributed by atoms with Gasteiger partial charge in [0.2, 0.25) is 0 Å². The van der Waals surface area contributed by atoms with Crippen LogP contribution < -0.4 is 4.74 Å². The number of hydrogen-bond acceptors (Lipinski definition) is 4. The first-order valence-electron chi connectivity index (χ1n) is 10.6. The zero-order chi connectivity index (χ0) is 20.2. The summed E-state index contributed by atoms with van der Waals surface area (Å²) in [6.45, 7) is 7.75. The summed E-state index contributed by atoms with van der Waals surface area (Å²) in [5, 5.41) is 0. The number of carbonyl (C=O) groups excluding carboxylic acids is 1. The number of benzene rings is 2. The molecule has 2 fully saturated rings. The van der Waals surface area contributed by atoms with Crippen LogP contribution >= 0.6 is 0 Å². The molecule has 0 spiro atoms. The molecule has 0 unspecified atom stereocenters. The molecule has 5 rings (SSSR count). The average molecular weight is 392 g/mol. The van der Waals surface area contributed by atoms with E-state index in [4.69, 9.17) is 14.2 Å². The highest BCUT2D eigenvalue weighted by Crippen LogP contribution is 2.63. The molecule has 1 aliphatic carbocycles.